The maximum Gasteiger partial charge on any atom is 0.319 e. The number of hydrogen-bond donors (Lipinski definition) is 3. The number of hydrogen-bond acceptors (Lipinski definition) is 4. The minimum absolute atomic E-state index is 0.0337. The number of methoxy groups -OCH3 is 1. The van der Waals surface area contributed by atoms with Gasteiger partial charge in [-0.05, 0) is 13.8 Å². The average molecular weight is 284 g/mol. The lowest BCUT2D eigenvalue weighted by molar-refractivity contribution is -0.146. The highest BCUT2D eigenvalue weighted by atomic mass is 16.5. The first-order chi connectivity index (χ1) is 9.35. The van der Waals surface area contributed by atoms with Crippen molar-refractivity contribution in [2.24, 2.45) is 5.41 Å². The number of carboxylic acid groups (broad SMARTS) is 1. The van der Waals surface area contributed by atoms with Gasteiger partial charge in [0.2, 0.25) is 0 Å². The second-order valence-corrected chi connectivity index (χ2v) is 4.98. The van der Waals surface area contributed by atoms with Crippen LogP contribution >= 0.6 is 0 Å². The second-order valence-electron chi connectivity index (χ2n) is 4.98. The van der Waals surface area contributed by atoms with E-state index in [2.05, 4.69) is 15.7 Å². The summed E-state index contributed by atoms with van der Waals surface area (Å²) in [6.07, 6.45) is 3.18. The molecular weight excluding hydrogens is 264 g/mol. The van der Waals surface area contributed by atoms with Crippen LogP contribution < -0.4 is 10.6 Å². The van der Waals surface area contributed by atoms with Crippen LogP contribution in [0.5, 0.6) is 0 Å². The molecule has 0 aliphatic rings. The molecular formula is C12H20N4O4. The Hall–Kier alpha value is -2.09. The van der Waals surface area contributed by atoms with Gasteiger partial charge in [0.05, 0.1) is 30.5 Å². The van der Waals surface area contributed by atoms with Gasteiger partial charge in [0.25, 0.3) is 0 Å². The highest BCUT2D eigenvalue weighted by Crippen LogP contribution is 2.13. The number of carbonyl (C=O) groups excluding carboxylic acids is 1. The predicted molar refractivity (Wildman–Crippen MR) is 72.5 cm³/mol. The van der Waals surface area contributed by atoms with Gasteiger partial charge in [-0.15, -0.1) is 0 Å². The number of rotatable bonds is 7. The largest absolute Gasteiger partial charge is 0.481 e. The number of carbonyl (C=O) groups is 2. The van der Waals surface area contributed by atoms with Crippen LogP contribution in [0.15, 0.2) is 12.4 Å². The average Bonchev–Trinajstić information content (AvgIpc) is 2.81. The number of ether oxygens (including phenoxy) is 1. The second kappa shape index (κ2) is 6.90. The first kappa shape index (κ1) is 16.0. The van der Waals surface area contributed by atoms with Gasteiger partial charge < -0.3 is 20.5 Å². The number of urea groups is 1. The molecule has 3 N–H and O–H groups in total. The van der Waals surface area contributed by atoms with E-state index in [4.69, 9.17) is 9.84 Å². The fraction of sp³-hybridized carbons (Fsp3) is 0.583. The number of carboxylic acids is 1. The number of aromatic nitrogens is 2. The zero-order valence-corrected chi connectivity index (χ0v) is 11.8. The minimum Gasteiger partial charge on any atom is -0.481 e. The van der Waals surface area contributed by atoms with Crippen LogP contribution in [-0.4, -0.2) is 47.1 Å². The van der Waals surface area contributed by atoms with Gasteiger partial charge in [0.1, 0.15) is 0 Å². The van der Waals surface area contributed by atoms with Gasteiger partial charge in [-0.3, -0.25) is 9.48 Å². The molecule has 2 amide bonds. The van der Waals surface area contributed by atoms with E-state index in [1.807, 2.05) is 0 Å². The fourth-order valence-corrected chi connectivity index (χ4v) is 1.29. The normalized spacial score (nSPS) is 11.2. The zero-order valence-electron chi connectivity index (χ0n) is 11.8. The fourth-order valence-electron chi connectivity index (χ4n) is 1.29. The zero-order chi connectivity index (χ0) is 15.2. The molecule has 0 radical (unpaired) electrons. The molecule has 0 aliphatic carbocycles. The lowest BCUT2D eigenvalue weighted by Crippen LogP contribution is -2.40. The van der Waals surface area contributed by atoms with Crippen molar-refractivity contribution in [3.05, 3.63) is 12.4 Å². The van der Waals surface area contributed by atoms with E-state index in [9.17, 15) is 9.59 Å². The van der Waals surface area contributed by atoms with Crippen LogP contribution in [0.25, 0.3) is 0 Å². The molecule has 8 heteroatoms. The summed E-state index contributed by atoms with van der Waals surface area (Å²) in [7, 11) is 1.60. The number of aliphatic carboxylic acids is 1. The summed E-state index contributed by atoms with van der Waals surface area (Å²) in [5.74, 6) is -0.967. The van der Waals surface area contributed by atoms with Crippen LogP contribution in [0.4, 0.5) is 10.5 Å². The van der Waals surface area contributed by atoms with E-state index in [-0.39, 0.29) is 6.54 Å². The molecule has 0 unspecified atom stereocenters. The molecule has 112 valence electrons. The molecule has 1 aromatic heterocycles. The molecule has 0 atom stereocenters. The monoisotopic (exact) mass is 284 g/mol. The lowest BCUT2D eigenvalue weighted by Gasteiger charge is -2.19. The van der Waals surface area contributed by atoms with Crippen molar-refractivity contribution in [2.75, 3.05) is 25.6 Å². The van der Waals surface area contributed by atoms with Crippen molar-refractivity contribution in [2.45, 2.75) is 20.4 Å². The van der Waals surface area contributed by atoms with Gasteiger partial charge in [0.15, 0.2) is 0 Å². The Morgan fingerprint density at radius 3 is 2.80 bits per heavy atom. The van der Waals surface area contributed by atoms with E-state index in [1.165, 1.54) is 6.20 Å². The Kier molecular flexibility index (Phi) is 5.51. The molecule has 1 heterocycles. The van der Waals surface area contributed by atoms with Crippen molar-refractivity contribution in [3.8, 4) is 0 Å². The molecule has 1 aromatic rings. The predicted octanol–water partition coefficient (Wildman–Crippen LogP) is 0.762. The summed E-state index contributed by atoms with van der Waals surface area (Å²) < 4.78 is 6.56. The molecule has 0 saturated carbocycles. The van der Waals surface area contributed by atoms with Gasteiger partial charge in [-0.25, -0.2) is 4.79 Å². The SMILES string of the molecule is COCCn1cc(NC(=O)NCC(C)(C)C(=O)O)cn1. The molecule has 0 fully saturated rings. The van der Waals surface area contributed by atoms with Gasteiger partial charge in [-0.1, -0.05) is 0 Å². The maximum atomic E-state index is 11.6. The Balaban J connectivity index is 2.42. The Bertz CT molecular complexity index is 470. The lowest BCUT2D eigenvalue weighted by atomic mass is 9.94. The van der Waals surface area contributed by atoms with Gasteiger partial charge in [-0.2, -0.15) is 5.10 Å². The number of anilines is 1. The molecule has 8 nitrogen and oxygen atoms in total. The molecule has 0 bridgehead atoms. The molecule has 0 aliphatic heterocycles. The number of amides is 2. The van der Waals surface area contributed by atoms with Crippen LogP contribution in [0.3, 0.4) is 0 Å². The summed E-state index contributed by atoms with van der Waals surface area (Å²) >= 11 is 0. The van der Waals surface area contributed by atoms with Crippen molar-refractivity contribution in [1.29, 1.82) is 0 Å². The minimum atomic E-state index is -1.01. The molecule has 0 spiro atoms. The van der Waals surface area contributed by atoms with E-state index in [1.54, 1.807) is 31.8 Å². The van der Waals surface area contributed by atoms with Crippen molar-refractivity contribution in [1.82, 2.24) is 15.1 Å². The Morgan fingerprint density at radius 2 is 2.20 bits per heavy atom. The topological polar surface area (TPSA) is 105 Å². The van der Waals surface area contributed by atoms with E-state index >= 15 is 0 Å². The summed E-state index contributed by atoms with van der Waals surface area (Å²) in [5, 5.41) is 18.1. The van der Waals surface area contributed by atoms with Crippen LogP contribution in [-0.2, 0) is 16.1 Å². The highest BCUT2D eigenvalue weighted by Gasteiger charge is 2.27. The van der Waals surface area contributed by atoms with Crippen LogP contribution in [0, 0.1) is 5.41 Å². The number of nitrogens with one attached hydrogen (secondary N) is 2. The van der Waals surface area contributed by atoms with E-state index < -0.39 is 17.4 Å². The standard InChI is InChI=1S/C12H20N4O4/c1-12(2,10(17)18)8-13-11(19)15-9-6-14-16(7-9)4-5-20-3/h6-7H,4-5,8H2,1-3H3,(H,17,18)(H2,13,15,19). The van der Waals surface area contributed by atoms with Gasteiger partial charge in [0, 0.05) is 19.9 Å². The van der Waals surface area contributed by atoms with Gasteiger partial charge >= 0.3 is 12.0 Å². The summed E-state index contributed by atoms with van der Waals surface area (Å²) in [4.78, 5) is 22.5. The summed E-state index contributed by atoms with van der Waals surface area (Å²) in [5.41, 5.74) is -0.480. The van der Waals surface area contributed by atoms with Crippen LogP contribution in [0.2, 0.25) is 0 Å². The summed E-state index contributed by atoms with van der Waals surface area (Å²) in [6.45, 7) is 4.23. The Labute approximate surface area is 117 Å². The van der Waals surface area contributed by atoms with Crippen molar-refractivity contribution in [3.63, 3.8) is 0 Å². The maximum absolute atomic E-state index is 11.6. The molecule has 20 heavy (non-hydrogen) atoms. The van der Waals surface area contributed by atoms with E-state index in [0.717, 1.165) is 0 Å². The first-order valence-electron chi connectivity index (χ1n) is 6.15. The molecule has 1 rings (SSSR count). The van der Waals surface area contributed by atoms with Crippen molar-refractivity contribution >= 4 is 17.7 Å². The molecule has 0 aromatic carbocycles. The Morgan fingerprint density at radius 1 is 1.50 bits per heavy atom. The third kappa shape index (κ3) is 4.88. The highest BCUT2D eigenvalue weighted by molar-refractivity contribution is 5.89. The molecule has 0 saturated heterocycles. The van der Waals surface area contributed by atoms with Crippen LogP contribution in [0.1, 0.15) is 13.8 Å². The first-order valence-corrected chi connectivity index (χ1v) is 6.15. The third-order valence-corrected chi connectivity index (χ3v) is 2.69. The quantitative estimate of drug-likeness (QED) is 0.685. The van der Waals surface area contributed by atoms with Crippen molar-refractivity contribution < 1.29 is 19.4 Å². The summed E-state index contributed by atoms with van der Waals surface area (Å²) in [6, 6.07) is -0.467. The number of nitrogens with zero attached hydrogens (tertiary/aromatic N) is 2. The van der Waals surface area contributed by atoms with E-state index in [0.29, 0.717) is 18.8 Å². The third-order valence-electron chi connectivity index (χ3n) is 2.69. The smallest absolute Gasteiger partial charge is 0.319 e.